The maximum Gasteiger partial charge on any atom is 0.340 e. The molecule has 0 aliphatic heterocycles. The van der Waals surface area contributed by atoms with Gasteiger partial charge in [0.2, 0.25) is 0 Å². The molecule has 2 aromatic rings. The average molecular weight is 403 g/mol. The number of hydrogen-bond acceptors (Lipinski definition) is 6. The molecule has 0 bridgehead atoms. The normalized spacial score (nSPS) is 10.7. The number of esters is 1. The number of hydrogen-bond donors (Lipinski definition) is 1. The van der Waals surface area contributed by atoms with Gasteiger partial charge in [-0.15, -0.1) is 0 Å². The van der Waals surface area contributed by atoms with Gasteiger partial charge in [0.1, 0.15) is 0 Å². The zero-order chi connectivity index (χ0) is 21.9. The summed E-state index contributed by atoms with van der Waals surface area (Å²) in [5, 5.41) is 13.6. The van der Waals surface area contributed by atoms with E-state index in [4.69, 9.17) is 9.47 Å². The molecule has 29 heavy (non-hydrogen) atoms. The third-order valence-electron chi connectivity index (χ3n) is 4.55. The molecule has 0 aliphatic carbocycles. The van der Waals surface area contributed by atoms with Gasteiger partial charge in [-0.25, -0.2) is 4.79 Å². The molecule has 156 valence electrons. The van der Waals surface area contributed by atoms with Gasteiger partial charge in [0.05, 0.1) is 17.6 Å². The number of nitro benzene ring substituents is 1. The molecule has 0 spiro atoms. The molecule has 0 atom stereocenters. The molecule has 9 heteroatoms. The van der Waals surface area contributed by atoms with Gasteiger partial charge in [-0.3, -0.25) is 14.9 Å². The van der Waals surface area contributed by atoms with Gasteiger partial charge in [-0.05, 0) is 46.2 Å². The molecule has 1 heterocycles. The van der Waals surface area contributed by atoms with Crippen LogP contribution in [0.2, 0.25) is 0 Å². The van der Waals surface area contributed by atoms with E-state index in [1.807, 2.05) is 32.3 Å². The molecule has 0 unspecified atom stereocenters. The second-order valence-corrected chi connectivity index (χ2v) is 6.97. The van der Waals surface area contributed by atoms with Crippen molar-refractivity contribution < 1.29 is 24.0 Å². The molecular formula is C20H25N3O6. The highest BCUT2D eigenvalue weighted by Gasteiger charge is 2.21. The predicted molar refractivity (Wildman–Crippen MR) is 108 cm³/mol. The van der Waals surface area contributed by atoms with Gasteiger partial charge in [-0.2, -0.15) is 0 Å². The molecule has 1 aromatic carbocycles. The topological polar surface area (TPSA) is 113 Å². The summed E-state index contributed by atoms with van der Waals surface area (Å²) in [5.41, 5.74) is 2.75. The van der Waals surface area contributed by atoms with E-state index in [0.717, 1.165) is 11.4 Å². The van der Waals surface area contributed by atoms with Crippen LogP contribution in [0.4, 0.5) is 11.4 Å². The van der Waals surface area contributed by atoms with Gasteiger partial charge in [0.15, 0.2) is 12.4 Å². The first-order chi connectivity index (χ1) is 13.6. The van der Waals surface area contributed by atoms with Crippen LogP contribution in [-0.2, 0) is 9.53 Å². The van der Waals surface area contributed by atoms with E-state index in [1.54, 1.807) is 13.0 Å². The number of aryl methyl sites for hydroxylation is 2. The third-order valence-corrected chi connectivity index (χ3v) is 4.55. The fourth-order valence-corrected chi connectivity index (χ4v) is 3.29. The smallest absolute Gasteiger partial charge is 0.340 e. The van der Waals surface area contributed by atoms with Gasteiger partial charge >= 0.3 is 11.7 Å². The molecule has 0 fully saturated rings. The number of carbonyl (C=O) groups excluding carboxylic acids is 2. The van der Waals surface area contributed by atoms with Crippen LogP contribution in [0.3, 0.4) is 0 Å². The highest BCUT2D eigenvalue weighted by atomic mass is 16.6. The summed E-state index contributed by atoms with van der Waals surface area (Å²) in [4.78, 5) is 35.1. The molecule has 0 radical (unpaired) electrons. The summed E-state index contributed by atoms with van der Waals surface area (Å²) in [7, 11) is 1.30. The summed E-state index contributed by atoms with van der Waals surface area (Å²) in [6, 6.07) is 4.60. The van der Waals surface area contributed by atoms with Crippen molar-refractivity contribution in [3.8, 4) is 5.75 Å². The second-order valence-electron chi connectivity index (χ2n) is 6.97. The summed E-state index contributed by atoms with van der Waals surface area (Å²) >= 11 is 0. The number of methoxy groups -OCH3 is 1. The fourth-order valence-electron chi connectivity index (χ4n) is 3.29. The van der Waals surface area contributed by atoms with Crippen LogP contribution in [0, 0.1) is 30.9 Å². The van der Waals surface area contributed by atoms with Crippen molar-refractivity contribution in [2.45, 2.75) is 40.7 Å². The Labute approximate surface area is 168 Å². The minimum absolute atomic E-state index is 0.0222. The van der Waals surface area contributed by atoms with Crippen LogP contribution in [0.25, 0.3) is 0 Å². The molecule has 0 saturated carbocycles. The van der Waals surface area contributed by atoms with Crippen LogP contribution < -0.4 is 10.1 Å². The summed E-state index contributed by atoms with van der Waals surface area (Å²) in [6.07, 6.45) is 0. The Bertz CT molecular complexity index is 962. The first kappa shape index (κ1) is 21.9. The number of nitrogens with one attached hydrogen (secondary N) is 1. The number of nitrogens with zero attached hydrogens (tertiary/aromatic N) is 2. The number of ether oxygens (including phenoxy) is 2. The standard InChI is InChI=1S/C20H25N3O6/c1-11(2)22-13(4)8-15(14(22)5)20(25)29-10-19(24)21-16-9-18(28-6)17(23(26)27)7-12(16)3/h7-9,11H,10H2,1-6H3,(H,21,24). The first-order valence-corrected chi connectivity index (χ1v) is 9.05. The third kappa shape index (κ3) is 4.74. The van der Waals surface area contributed by atoms with Crippen molar-refractivity contribution in [1.29, 1.82) is 0 Å². The van der Waals surface area contributed by atoms with E-state index in [-0.39, 0.29) is 17.5 Å². The minimum atomic E-state index is -0.585. The van der Waals surface area contributed by atoms with Crippen molar-refractivity contribution in [2.24, 2.45) is 0 Å². The summed E-state index contributed by atoms with van der Waals surface area (Å²) in [6.45, 7) is 8.90. The SMILES string of the molecule is COc1cc(NC(=O)COC(=O)c2cc(C)n(C(C)C)c2C)c(C)cc1[N+](=O)[O-]. The fraction of sp³-hybridized carbons (Fsp3) is 0.400. The Kier molecular flexibility index (Phi) is 6.63. The molecule has 1 amide bonds. The first-order valence-electron chi connectivity index (χ1n) is 9.05. The predicted octanol–water partition coefficient (Wildman–Crippen LogP) is 3.71. The maximum absolute atomic E-state index is 12.4. The van der Waals surface area contributed by atoms with Crippen molar-refractivity contribution in [3.63, 3.8) is 0 Å². The monoisotopic (exact) mass is 403 g/mol. The minimum Gasteiger partial charge on any atom is -0.490 e. The lowest BCUT2D eigenvalue weighted by Crippen LogP contribution is -2.21. The number of nitro groups is 1. The molecular weight excluding hydrogens is 378 g/mol. The molecule has 2 rings (SSSR count). The van der Waals surface area contributed by atoms with Crippen molar-refractivity contribution >= 4 is 23.3 Å². The number of anilines is 1. The highest BCUT2D eigenvalue weighted by Crippen LogP contribution is 2.32. The van der Waals surface area contributed by atoms with Gasteiger partial charge in [0, 0.05) is 35.2 Å². The van der Waals surface area contributed by atoms with E-state index in [9.17, 15) is 19.7 Å². The average Bonchev–Trinajstić information content (AvgIpc) is 2.95. The lowest BCUT2D eigenvalue weighted by Gasteiger charge is -2.13. The zero-order valence-electron chi connectivity index (χ0n) is 17.4. The van der Waals surface area contributed by atoms with Crippen LogP contribution in [0.15, 0.2) is 18.2 Å². The lowest BCUT2D eigenvalue weighted by atomic mass is 10.1. The quantitative estimate of drug-likeness (QED) is 0.428. The Hall–Kier alpha value is -3.36. The Morgan fingerprint density at radius 1 is 1.21 bits per heavy atom. The van der Waals surface area contributed by atoms with E-state index in [2.05, 4.69) is 5.32 Å². The lowest BCUT2D eigenvalue weighted by molar-refractivity contribution is -0.385. The Balaban J connectivity index is 2.08. The Morgan fingerprint density at radius 3 is 2.38 bits per heavy atom. The molecule has 1 N–H and O–H groups in total. The van der Waals surface area contributed by atoms with E-state index < -0.39 is 23.4 Å². The van der Waals surface area contributed by atoms with Crippen LogP contribution in [0.1, 0.15) is 47.2 Å². The van der Waals surface area contributed by atoms with Gasteiger partial charge in [0.25, 0.3) is 5.91 Å². The number of rotatable bonds is 7. The largest absolute Gasteiger partial charge is 0.490 e. The maximum atomic E-state index is 12.4. The Morgan fingerprint density at radius 2 is 1.86 bits per heavy atom. The molecule has 0 saturated heterocycles. The number of aromatic nitrogens is 1. The van der Waals surface area contributed by atoms with Crippen molar-refractivity contribution in [2.75, 3.05) is 19.0 Å². The van der Waals surface area contributed by atoms with Gasteiger partial charge in [-0.1, -0.05) is 0 Å². The van der Waals surface area contributed by atoms with E-state index in [0.29, 0.717) is 16.8 Å². The van der Waals surface area contributed by atoms with E-state index in [1.165, 1.54) is 19.2 Å². The highest BCUT2D eigenvalue weighted by molar-refractivity contribution is 5.96. The molecule has 1 aromatic heterocycles. The zero-order valence-corrected chi connectivity index (χ0v) is 17.4. The van der Waals surface area contributed by atoms with Crippen LogP contribution in [-0.4, -0.2) is 35.1 Å². The number of amides is 1. The second kappa shape index (κ2) is 8.76. The van der Waals surface area contributed by atoms with Crippen molar-refractivity contribution in [1.82, 2.24) is 4.57 Å². The van der Waals surface area contributed by atoms with Crippen LogP contribution >= 0.6 is 0 Å². The van der Waals surface area contributed by atoms with E-state index >= 15 is 0 Å². The summed E-state index contributed by atoms with van der Waals surface area (Å²) < 4.78 is 12.2. The molecule has 9 nitrogen and oxygen atoms in total. The number of carbonyl (C=O) groups is 2. The van der Waals surface area contributed by atoms with Crippen molar-refractivity contribution in [3.05, 3.63) is 50.8 Å². The molecule has 0 aliphatic rings. The summed E-state index contributed by atoms with van der Waals surface area (Å²) in [5.74, 6) is -1.12. The van der Waals surface area contributed by atoms with Crippen LogP contribution in [0.5, 0.6) is 5.75 Å². The van der Waals surface area contributed by atoms with Gasteiger partial charge < -0.3 is 19.4 Å². The number of benzene rings is 1.